The smallest absolute Gasteiger partial charge is 0.239 e. The highest BCUT2D eigenvalue weighted by Crippen LogP contribution is 2.23. The van der Waals surface area contributed by atoms with Gasteiger partial charge in [0.2, 0.25) is 11.8 Å². The van der Waals surface area contributed by atoms with Gasteiger partial charge >= 0.3 is 0 Å². The summed E-state index contributed by atoms with van der Waals surface area (Å²) in [5.74, 6) is 0.782. The second kappa shape index (κ2) is 9.96. The molecule has 0 spiro atoms. The zero-order valence-corrected chi connectivity index (χ0v) is 16.3. The highest BCUT2D eigenvalue weighted by atomic mass is 32.2. The Bertz CT molecular complexity index is 732. The number of likely N-dealkylation sites (N-methyl/N-ethyl adjacent to an activating group) is 2. The van der Waals surface area contributed by atoms with Crippen LogP contribution in [0, 0.1) is 0 Å². The van der Waals surface area contributed by atoms with Crippen LogP contribution in [0.2, 0.25) is 0 Å². The standard InChI is InChI=1S/C18H25N5O2S/c1-4-19-15(24)12-22(5-2)16(25)13-26-18-21-20-17(23(18)6-3)14-10-8-7-9-11-14/h7-11H,4-6,12-13H2,1-3H3,(H,19,24). The third kappa shape index (κ3) is 5.08. The van der Waals surface area contributed by atoms with E-state index in [9.17, 15) is 9.59 Å². The lowest BCUT2D eigenvalue weighted by Gasteiger charge is -2.19. The zero-order chi connectivity index (χ0) is 18.9. The second-order valence-electron chi connectivity index (χ2n) is 5.57. The van der Waals surface area contributed by atoms with Gasteiger partial charge in [-0.15, -0.1) is 10.2 Å². The maximum absolute atomic E-state index is 12.4. The van der Waals surface area contributed by atoms with Crippen LogP contribution in [0.25, 0.3) is 11.4 Å². The number of nitrogens with zero attached hydrogens (tertiary/aromatic N) is 4. The molecule has 0 saturated heterocycles. The van der Waals surface area contributed by atoms with Crippen LogP contribution in [0.3, 0.4) is 0 Å². The van der Waals surface area contributed by atoms with Gasteiger partial charge < -0.3 is 14.8 Å². The summed E-state index contributed by atoms with van der Waals surface area (Å²) in [6.07, 6.45) is 0. The Labute approximate surface area is 158 Å². The van der Waals surface area contributed by atoms with Gasteiger partial charge in [0.25, 0.3) is 0 Å². The Morgan fingerprint density at radius 2 is 1.88 bits per heavy atom. The van der Waals surface area contributed by atoms with E-state index in [0.29, 0.717) is 24.8 Å². The summed E-state index contributed by atoms with van der Waals surface area (Å²) in [5, 5.41) is 11.9. The van der Waals surface area contributed by atoms with Crippen molar-refractivity contribution in [2.24, 2.45) is 0 Å². The molecule has 1 heterocycles. The highest BCUT2D eigenvalue weighted by Gasteiger charge is 2.18. The lowest BCUT2D eigenvalue weighted by atomic mass is 10.2. The third-order valence-corrected chi connectivity index (χ3v) is 4.78. The average Bonchev–Trinajstić information content (AvgIpc) is 3.08. The van der Waals surface area contributed by atoms with E-state index < -0.39 is 0 Å². The molecule has 0 unspecified atom stereocenters. The molecule has 0 aliphatic carbocycles. The summed E-state index contributed by atoms with van der Waals surface area (Å²) in [7, 11) is 0. The van der Waals surface area contributed by atoms with Crippen molar-refractivity contribution in [3.8, 4) is 11.4 Å². The van der Waals surface area contributed by atoms with Crippen molar-refractivity contribution in [2.75, 3.05) is 25.4 Å². The van der Waals surface area contributed by atoms with Gasteiger partial charge in [-0.2, -0.15) is 0 Å². The molecule has 2 amide bonds. The molecule has 0 bridgehead atoms. The second-order valence-corrected chi connectivity index (χ2v) is 6.51. The average molecular weight is 375 g/mol. The number of rotatable bonds is 9. The Balaban J connectivity index is 2.03. The van der Waals surface area contributed by atoms with Crippen LogP contribution in [-0.4, -0.2) is 56.9 Å². The largest absolute Gasteiger partial charge is 0.355 e. The number of aromatic nitrogens is 3. The van der Waals surface area contributed by atoms with E-state index in [1.807, 2.05) is 55.7 Å². The SMILES string of the molecule is CCNC(=O)CN(CC)C(=O)CSc1nnc(-c2ccccc2)n1CC. The van der Waals surface area contributed by atoms with Crippen LogP contribution in [0.15, 0.2) is 35.5 Å². The Hall–Kier alpha value is -2.35. The molecule has 0 radical (unpaired) electrons. The van der Waals surface area contributed by atoms with Gasteiger partial charge in [-0.1, -0.05) is 42.1 Å². The van der Waals surface area contributed by atoms with Gasteiger partial charge in [-0.3, -0.25) is 9.59 Å². The molecule has 0 fully saturated rings. The summed E-state index contributed by atoms with van der Waals surface area (Å²) >= 11 is 1.35. The van der Waals surface area contributed by atoms with Gasteiger partial charge in [-0.05, 0) is 20.8 Å². The third-order valence-electron chi connectivity index (χ3n) is 3.83. The van der Waals surface area contributed by atoms with Crippen LogP contribution in [0.5, 0.6) is 0 Å². The summed E-state index contributed by atoms with van der Waals surface area (Å²) in [6.45, 7) is 7.59. The van der Waals surface area contributed by atoms with E-state index in [1.54, 1.807) is 4.90 Å². The van der Waals surface area contributed by atoms with Crippen molar-refractivity contribution in [3.63, 3.8) is 0 Å². The minimum Gasteiger partial charge on any atom is -0.355 e. The summed E-state index contributed by atoms with van der Waals surface area (Å²) in [5.41, 5.74) is 0.992. The minimum atomic E-state index is -0.143. The highest BCUT2D eigenvalue weighted by molar-refractivity contribution is 7.99. The molecule has 2 aromatic rings. The van der Waals surface area contributed by atoms with Gasteiger partial charge in [0.1, 0.15) is 0 Å². The predicted molar refractivity (Wildman–Crippen MR) is 103 cm³/mol. The predicted octanol–water partition coefficient (Wildman–Crippen LogP) is 2.04. The van der Waals surface area contributed by atoms with Crippen molar-refractivity contribution < 1.29 is 9.59 Å². The molecule has 1 aromatic carbocycles. The fourth-order valence-corrected chi connectivity index (χ4v) is 3.41. The molecular formula is C18H25N5O2S. The first-order valence-corrected chi connectivity index (χ1v) is 9.75. The van der Waals surface area contributed by atoms with E-state index in [4.69, 9.17) is 0 Å². The number of nitrogens with one attached hydrogen (secondary N) is 1. The molecule has 1 N–H and O–H groups in total. The maximum Gasteiger partial charge on any atom is 0.239 e. The molecule has 7 nitrogen and oxygen atoms in total. The first-order chi connectivity index (χ1) is 12.6. The van der Waals surface area contributed by atoms with E-state index >= 15 is 0 Å². The molecule has 0 atom stereocenters. The van der Waals surface area contributed by atoms with Gasteiger partial charge in [-0.25, -0.2) is 0 Å². The van der Waals surface area contributed by atoms with Crippen LogP contribution >= 0.6 is 11.8 Å². The molecule has 2 rings (SSSR count). The zero-order valence-electron chi connectivity index (χ0n) is 15.4. The Kier molecular flexibility index (Phi) is 7.65. The van der Waals surface area contributed by atoms with E-state index in [2.05, 4.69) is 15.5 Å². The number of benzene rings is 1. The summed E-state index contributed by atoms with van der Waals surface area (Å²) < 4.78 is 1.99. The molecule has 0 aliphatic rings. The quantitative estimate of drug-likeness (QED) is 0.679. The summed E-state index contributed by atoms with van der Waals surface area (Å²) in [6, 6.07) is 9.85. The van der Waals surface area contributed by atoms with E-state index in [1.165, 1.54) is 11.8 Å². The Morgan fingerprint density at radius 3 is 2.50 bits per heavy atom. The van der Waals surface area contributed by atoms with E-state index in [-0.39, 0.29) is 24.1 Å². The molecule has 0 aliphatic heterocycles. The van der Waals surface area contributed by atoms with Crippen LogP contribution < -0.4 is 5.32 Å². The van der Waals surface area contributed by atoms with Crippen molar-refractivity contribution >= 4 is 23.6 Å². The number of hydrogen-bond donors (Lipinski definition) is 1. The van der Waals surface area contributed by atoms with Crippen LogP contribution in [0.1, 0.15) is 20.8 Å². The first-order valence-electron chi connectivity index (χ1n) is 8.76. The first kappa shape index (κ1) is 20.0. The fraction of sp³-hybridized carbons (Fsp3) is 0.444. The van der Waals surface area contributed by atoms with Crippen molar-refractivity contribution in [3.05, 3.63) is 30.3 Å². The van der Waals surface area contributed by atoms with Crippen LogP contribution in [-0.2, 0) is 16.1 Å². The topological polar surface area (TPSA) is 80.1 Å². The number of carbonyl (C=O) groups is 2. The lowest BCUT2D eigenvalue weighted by Crippen LogP contribution is -2.41. The van der Waals surface area contributed by atoms with Gasteiger partial charge in [0.15, 0.2) is 11.0 Å². The minimum absolute atomic E-state index is 0.0828. The van der Waals surface area contributed by atoms with Gasteiger partial charge in [0.05, 0.1) is 12.3 Å². The van der Waals surface area contributed by atoms with E-state index in [0.717, 1.165) is 11.4 Å². The monoisotopic (exact) mass is 375 g/mol. The molecule has 140 valence electrons. The van der Waals surface area contributed by atoms with Crippen molar-refractivity contribution in [1.82, 2.24) is 25.0 Å². The number of amides is 2. The van der Waals surface area contributed by atoms with Crippen molar-refractivity contribution in [1.29, 1.82) is 0 Å². The summed E-state index contributed by atoms with van der Waals surface area (Å²) in [4.78, 5) is 25.7. The number of hydrogen-bond acceptors (Lipinski definition) is 5. The molecule has 8 heteroatoms. The fourth-order valence-electron chi connectivity index (χ4n) is 2.50. The molecular weight excluding hydrogens is 350 g/mol. The number of carbonyl (C=O) groups excluding carboxylic acids is 2. The maximum atomic E-state index is 12.4. The lowest BCUT2D eigenvalue weighted by molar-refractivity contribution is -0.133. The van der Waals surface area contributed by atoms with Gasteiger partial charge in [0, 0.05) is 25.2 Å². The normalized spacial score (nSPS) is 10.6. The molecule has 1 aromatic heterocycles. The number of thioether (sulfide) groups is 1. The molecule has 0 saturated carbocycles. The van der Waals surface area contributed by atoms with Crippen molar-refractivity contribution in [2.45, 2.75) is 32.5 Å². The Morgan fingerprint density at radius 1 is 1.15 bits per heavy atom. The van der Waals surface area contributed by atoms with Crippen LogP contribution in [0.4, 0.5) is 0 Å². The molecule has 26 heavy (non-hydrogen) atoms.